The number of aryl methyl sites for hydroxylation is 3. The smallest absolute Gasteiger partial charge is 0.196 e. The topological polar surface area (TPSA) is 43.1 Å². The number of fused-ring (bicyclic) bond motifs is 3. The van der Waals surface area contributed by atoms with Crippen LogP contribution in [0.2, 0.25) is 0 Å². The quantitative estimate of drug-likeness (QED) is 0.518. The van der Waals surface area contributed by atoms with Gasteiger partial charge in [-0.1, -0.05) is 30.0 Å². The summed E-state index contributed by atoms with van der Waals surface area (Å²) in [5, 5.41) is 11.0. The second-order valence-electron chi connectivity index (χ2n) is 6.04. The highest BCUT2D eigenvalue weighted by atomic mass is 32.2. The molecule has 0 radical (unpaired) electrons. The zero-order chi connectivity index (χ0) is 16.7. The van der Waals surface area contributed by atoms with Crippen LogP contribution in [0, 0.1) is 20.8 Å². The predicted octanol–water partition coefficient (Wildman–Crippen LogP) is 4.50. The maximum absolute atomic E-state index is 4.44. The van der Waals surface area contributed by atoms with Crippen LogP contribution in [0.5, 0.6) is 0 Å². The SMILES string of the molecule is Cc1ccc(C)c2c1cc(C)c1nnc(SCc3ccccn3)n12. The van der Waals surface area contributed by atoms with E-state index in [2.05, 4.69) is 58.6 Å². The Morgan fingerprint density at radius 2 is 1.79 bits per heavy atom. The first-order chi connectivity index (χ1) is 11.6. The maximum atomic E-state index is 4.44. The zero-order valence-corrected chi connectivity index (χ0v) is 14.8. The molecule has 3 heterocycles. The summed E-state index contributed by atoms with van der Waals surface area (Å²) in [6, 6.07) is 12.5. The van der Waals surface area contributed by atoms with Crippen LogP contribution < -0.4 is 0 Å². The van der Waals surface area contributed by atoms with E-state index in [-0.39, 0.29) is 0 Å². The van der Waals surface area contributed by atoms with Gasteiger partial charge in [0.25, 0.3) is 0 Å². The minimum absolute atomic E-state index is 0.780. The van der Waals surface area contributed by atoms with E-state index in [1.54, 1.807) is 11.8 Å². The van der Waals surface area contributed by atoms with Gasteiger partial charge in [0.2, 0.25) is 0 Å². The molecular formula is C19H18N4S. The van der Waals surface area contributed by atoms with Crippen molar-refractivity contribution in [3.05, 3.63) is 65.0 Å². The molecule has 5 heteroatoms. The van der Waals surface area contributed by atoms with E-state index in [1.165, 1.54) is 22.0 Å². The molecule has 0 N–H and O–H groups in total. The lowest BCUT2D eigenvalue weighted by Crippen LogP contribution is -1.97. The molecule has 4 aromatic rings. The number of hydrogen-bond donors (Lipinski definition) is 0. The molecule has 120 valence electrons. The van der Waals surface area contributed by atoms with E-state index >= 15 is 0 Å². The Morgan fingerprint density at radius 1 is 0.958 bits per heavy atom. The zero-order valence-electron chi connectivity index (χ0n) is 13.9. The number of aromatic nitrogens is 4. The summed E-state index contributed by atoms with van der Waals surface area (Å²) in [6.45, 7) is 6.39. The van der Waals surface area contributed by atoms with E-state index in [0.717, 1.165) is 27.8 Å². The summed E-state index contributed by atoms with van der Waals surface area (Å²) < 4.78 is 2.20. The summed E-state index contributed by atoms with van der Waals surface area (Å²) in [5.41, 5.74) is 6.83. The fourth-order valence-electron chi connectivity index (χ4n) is 3.02. The fraction of sp³-hybridized carbons (Fsp3) is 0.211. The summed E-state index contributed by atoms with van der Waals surface area (Å²) in [4.78, 5) is 4.39. The van der Waals surface area contributed by atoms with Crippen molar-refractivity contribution in [1.29, 1.82) is 0 Å². The van der Waals surface area contributed by atoms with E-state index in [0.29, 0.717) is 0 Å². The molecule has 0 aliphatic rings. The Balaban J connectivity index is 1.89. The van der Waals surface area contributed by atoms with Crippen LogP contribution in [0.3, 0.4) is 0 Å². The summed E-state index contributed by atoms with van der Waals surface area (Å²) in [6.07, 6.45) is 1.82. The van der Waals surface area contributed by atoms with Gasteiger partial charge >= 0.3 is 0 Å². The highest BCUT2D eigenvalue weighted by molar-refractivity contribution is 7.98. The molecule has 0 amide bonds. The van der Waals surface area contributed by atoms with Gasteiger partial charge in [0.1, 0.15) is 0 Å². The van der Waals surface area contributed by atoms with Crippen LogP contribution in [0.1, 0.15) is 22.4 Å². The lowest BCUT2D eigenvalue weighted by atomic mass is 10.0. The van der Waals surface area contributed by atoms with Crippen molar-refractivity contribution in [2.45, 2.75) is 31.7 Å². The number of thioether (sulfide) groups is 1. The molecule has 0 saturated carbocycles. The van der Waals surface area contributed by atoms with Crippen molar-refractivity contribution in [3.8, 4) is 0 Å². The standard InChI is InChI=1S/C19H18N4S/c1-12-7-8-13(2)17-16(12)10-14(3)18-21-22-19(23(17)18)24-11-15-6-4-5-9-20-15/h4-10H,11H2,1-3H3. The minimum Gasteiger partial charge on any atom is -0.269 e. The average molecular weight is 334 g/mol. The second kappa shape index (κ2) is 5.91. The summed E-state index contributed by atoms with van der Waals surface area (Å²) in [5.74, 6) is 0.780. The Kier molecular flexibility index (Phi) is 3.73. The Labute approximate surface area is 144 Å². The van der Waals surface area contributed by atoms with Gasteiger partial charge in [-0.15, -0.1) is 10.2 Å². The molecule has 3 aromatic heterocycles. The lowest BCUT2D eigenvalue weighted by molar-refractivity contribution is 0.936. The highest BCUT2D eigenvalue weighted by Crippen LogP contribution is 2.30. The molecule has 0 unspecified atom stereocenters. The van der Waals surface area contributed by atoms with Crippen LogP contribution in [-0.2, 0) is 5.75 Å². The molecule has 1 aromatic carbocycles. The van der Waals surface area contributed by atoms with E-state index in [1.807, 2.05) is 24.4 Å². The molecule has 0 spiro atoms. The number of nitrogens with zero attached hydrogens (tertiary/aromatic N) is 4. The van der Waals surface area contributed by atoms with Crippen molar-refractivity contribution in [2.24, 2.45) is 0 Å². The van der Waals surface area contributed by atoms with Crippen LogP contribution in [0.4, 0.5) is 0 Å². The molecular weight excluding hydrogens is 316 g/mol. The van der Waals surface area contributed by atoms with E-state index in [9.17, 15) is 0 Å². The first-order valence-electron chi connectivity index (χ1n) is 7.92. The minimum atomic E-state index is 0.780. The Bertz CT molecular complexity index is 1040. The molecule has 0 aliphatic heterocycles. The van der Waals surface area contributed by atoms with Crippen LogP contribution in [0.25, 0.3) is 16.6 Å². The molecule has 4 rings (SSSR count). The number of benzene rings is 1. The van der Waals surface area contributed by atoms with Crippen molar-refractivity contribution in [3.63, 3.8) is 0 Å². The predicted molar refractivity (Wildman–Crippen MR) is 98.5 cm³/mol. The largest absolute Gasteiger partial charge is 0.269 e. The Morgan fingerprint density at radius 3 is 2.58 bits per heavy atom. The average Bonchev–Trinajstić information content (AvgIpc) is 3.02. The van der Waals surface area contributed by atoms with Gasteiger partial charge in [-0.05, 0) is 55.7 Å². The monoisotopic (exact) mass is 334 g/mol. The van der Waals surface area contributed by atoms with E-state index < -0.39 is 0 Å². The number of rotatable bonds is 3. The van der Waals surface area contributed by atoms with Gasteiger partial charge in [0, 0.05) is 17.3 Å². The number of pyridine rings is 2. The molecule has 0 bridgehead atoms. The molecule has 0 saturated heterocycles. The van der Waals surface area contributed by atoms with Crippen molar-refractivity contribution >= 4 is 28.3 Å². The van der Waals surface area contributed by atoms with Gasteiger partial charge in [-0.25, -0.2) is 0 Å². The van der Waals surface area contributed by atoms with Crippen LogP contribution in [0.15, 0.2) is 47.8 Å². The summed E-state index contributed by atoms with van der Waals surface area (Å²) >= 11 is 1.67. The first-order valence-corrected chi connectivity index (χ1v) is 8.91. The van der Waals surface area contributed by atoms with Gasteiger partial charge in [-0.3, -0.25) is 9.38 Å². The maximum Gasteiger partial charge on any atom is 0.196 e. The second-order valence-corrected chi connectivity index (χ2v) is 6.98. The third-order valence-corrected chi connectivity index (χ3v) is 5.25. The first kappa shape index (κ1) is 15.1. The normalized spacial score (nSPS) is 11.5. The fourth-order valence-corrected chi connectivity index (χ4v) is 3.87. The van der Waals surface area contributed by atoms with Gasteiger partial charge in [0.15, 0.2) is 10.8 Å². The van der Waals surface area contributed by atoms with Gasteiger partial charge < -0.3 is 0 Å². The highest BCUT2D eigenvalue weighted by Gasteiger charge is 2.15. The van der Waals surface area contributed by atoms with Crippen LogP contribution >= 0.6 is 11.8 Å². The van der Waals surface area contributed by atoms with Crippen molar-refractivity contribution in [2.75, 3.05) is 0 Å². The third-order valence-electron chi connectivity index (χ3n) is 4.28. The van der Waals surface area contributed by atoms with Crippen molar-refractivity contribution < 1.29 is 0 Å². The summed E-state index contributed by atoms with van der Waals surface area (Å²) in [7, 11) is 0. The molecule has 24 heavy (non-hydrogen) atoms. The van der Waals surface area contributed by atoms with Crippen LogP contribution in [-0.4, -0.2) is 19.6 Å². The van der Waals surface area contributed by atoms with E-state index in [4.69, 9.17) is 0 Å². The molecule has 0 aliphatic carbocycles. The third kappa shape index (κ3) is 2.45. The number of hydrogen-bond acceptors (Lipinski definition) is 4. The van der Waals surface area contributed by atoms with Crippen molar-refractivity contribution in [1.82, 2.24) is 19.6 Å². The Hall–Kier alpha value is -2.40. The molecule has 0 atom stereocenters. The lowest BCUT2D eigenvalue weighted by Gasteiger charge is -2.11. The van der Waals surface area contributed by atoms with Gasteiger partial charge in [-0.2, -0.15) is 0 Å². The van der Waals surface area contributed by atoms with Gasteiger partial charge in [0.05, 0.1) is 11.2 Å². The molecule has 0 fully saturated rings. The molecule has 4 nitrogen and oxygen atoms in total.